The van der Waals surface area contributed by atoms with Gasteiger partial charge in [-0.15, -0.1) is 0 Å². The minimum atomic E-state index is 0.970. The fourth-order valence-corrected chi connectivity index (χ4v) is 1.96. The van der Waals surface area contributed by atoms with Crippen molar-refractivity contribution in [3.63, 3.8) is 0 Å². The number of benzene rings is 2. The van der Waals surface area contributed by atoms with E-state index in [2.05, 4.69) is 65.1 Å². The van der Waals surface area contributed by atoms with Crippen molar-refractivity contribution in [2.24, 2.45) is 0 Å². The Balaban J connectivity index is 2.19. The van der Waals surface area contributed by atoms with Gasteiger partial charge in [0.25, 0.3) is 0 Å². The first-order chi connectivity index (χ1) is 6.84. The summed E-state index contributed by atoms with van der Waals surface area (Å²) in [5, 5.41) is 0. The summed E-state index contributed by atoms with van der Waals surface area (Å²) in [4.78, 5) is 0. The van der Waals surface area contributed by atoms with Crippen LogP contribution in [0, 0.1) is 9.64 Å². The average Bonchev–Trinajstić information content (AvgIpc) is 2.19. The van der Waals surface area contributed by atoms with Gasteiger partial charge in [0.1, 0.15) is 0 Å². The first-order valence-electron chi connectivity index (χ1n) is 4.54. The third-order valence-corrected chi connectivity index (χ3v) is 2.73. The maximum atomic E-state index is 3.25. The Morgan fingerprint density at radius 3 is 2.57 bits per heavy atom. The molecular weight excluding hydrogens is 283 g/mol. The molecule has 0 saturated heterocycles. The van der Waals surface area contributed by atoms with E-state index in [1.807, 2.05) is 12.1 Å². The van der Waals surface area contributed by atoms with Crippen LogP contribution in [0.2, 0.25) is 0 Å². The van der Waals surface area contributed by atoms with Crippen LogP contribution in [-0.2, 0) is 6.42 Å². The predicted octanol–water partition coefficient (Wildman–Crippen LogP) is 3.68. The maximum absolute atomic E-state index is 3.25. The smallest absolute Gasteiger partial charge is 0.0133 e. The lowest BCUT2D eigenvalue weighted by molar-refractivity contribution is 1.18. The average molecular weight is 293 g/mol. The molecule has 0 saturated carbocycles. The topological polar surface area (TPSA) is 0 Å². The Kier molecular flexibility index (Phi) is 3.19. The van der Waals surface area contributed by atoms with Crippen LogP contribution in [0.25, 0.3) is 0 Å². The maximum Gasteiger partial charge on any atom is 0.0133 e. The van der Waals surface area contributed by atoms with E-state index in [-0.39, 0.29) is 0 Å². The molecule has 2 aromatic carbocycles. The Morgan fingerprint density at radius 2 is 1.86 bits per heavy atom. The fraction of sp³-hybridized carbons (Fsp3) is 0.0769. The number of hydrogen-bond donors (Lipinski definition) is 0. The molecule has 2 aromatic rings. The van der Waals surface area contributed by atoms with Gasteiger partial charge < -0.3 is 0 Å². The molecule has 0 amide bonds. The third kappa shape index (κ3) is 2.58. The predicted molar refractivity (Wildman–Crippen MR) is 67.2 cm³/mol. The lowest BCUT2D eigenvalue weighted by Gasteiger charge is -2.01. The van der Waals surface area contributed by atoms with Crippen LogP contribution in [-0.4, -0.2) is 0 Å². The van der Waals surface area contributed by atoms with E-state index in [4.69, 9.17) is 0 Å². The molecule has 0 spiro atoms. The standard InChI is InChI=1S/C13H10I/c14-13-8-4-7-12(10-13)9-11-5-2-1-3-6-11/h1-6,8,10H,9H2. The fourth-order valence-electron chi connectivity index (χ4n) is 1.40. The summed E-state index contributed by atoms with van der Waals surface area (Å²) in [5.41, 5.74) is 2.59. The van der Waals surface area contributed by atoms with Crippen LogP contribution < -0.4 is 0 Å². The van der Waals surface area contributed by atoms with Gasteiger partial charge in [-0.2, -0.15) is 0 Å². The zero-order valence-corrected chi connectivity index (χ0v) is 9.86. The van der Waals surface area contributed by atoms with Gasteiger partial charge in [0.2, 0.25) is 0 Å². The first kappa shape index (κ1) is 9.71. The molecule has 2 rings (SSSR count). The van der Waals surface area contributed by atoms with Gasteiger partial charge in [-0.1, -0.05) is 36.4 Å². The van der Waals surface area contributed by atoms with Gasteiger partial charge >= 0.3 is 0 Å². The van der Waals surface area contributed by atoms with Gasteiger partial charge in [-0.05, 0) is 58.3 Å². The van der Waals surface area contributed by atoms with Crippen molar-refractivity contribution >= 4 is 22.6 Å². The molecule has 1 heteroatoms. The second kappa shape index (κ2) is 4.60. The van der Waals surface area contributed by atoms with E-state index in [1.165, 1.54) is 14.7 Å². The van der Waals surface area contributed by atoms with Crippen molar-refractivity contribution in [1.82, 2.24) is 0 Å². The monoisotopic (exact) mass is 293 g/mol. The van der Waals surface area contributed by atoms with Crippen LogP contribution in [0.15, 0.2) is 48.5 Å². The molecule has 69 valence electrons. The molecule has 1 radical (unpaired) electrons. The zero-order valence-electron chi connectivity index (χ0n) is 7.70. The Labute approximate surface area is 98.1 Å². The summed E-state index contributed by atoms with van der Waals surface area (Å²) in [6.07, 6.45) is 0.970. The second-order valence-corrected chi connectivity index (χ2v) is 4.44. The summed E-state index contributed by atoms with van der Waals surface area (Å²) in [7, 11) is 0. The highest BCUT2D eigenvalue weighted by Gasteiger charge is 1.95. The molecule has 0 aliphatic heterocycles. The zero-order chi connectivity index (χ0) is 9.80. The van der Waals surface area contributed by atoms with Crippen molar-refractivity contribution in [2.75, 3.05) is 0 Å². The lowest BCUT2D eigenvalue weighted by atomic mass is 10.1. The van der Waals surface area contributed by atoms with Gasteiger partial charge in [-0.3, -0.25) is 0 Å². The molecule has 0 bridgehead atoms. The summed E-state index contributed by atoms with van der Waals surface area (Å²) in [5.74, 6) is 0. The molecule has 0 heterocycles. The Hall–Kier alpha value is -0.830. The molecule has 0 aromatic heterocycles. The molecule has 0 N–H and O–H groups in total. The quantitative estimate of drug-likeness (QED) is 0.741. The van der Waals surface area contributed by atoms with Crippen LogP contribution in [0.3, 0.4) is 0 Å². The van der Waals surface area contributed by atoms with Gasteiger partial charge in [0.15, 0.2) is 0 Å². The van der Waals surface area contributed by atoms with E-state index >= 15 is 0 Å². The van der Waals surface area contributed by atoms with Crippen molar-refractivity contribution in [3.8, 4) is 0 Å². The van der Waals surface area contributed by atoms with Crippen LogP contribution in [0.4, 0.5) is 0 Å². The van der Waals surface area contributed by atoms with Gasteiger partial charge in [-0.25, -0.2) is 0 Å². The van der Waals surface area contributed by atoms with Crippen LogP contribution in [0.5, 0.6) is 0 Å². The first-order valence-corrected chi connectivity index (χ1v) is 5.62. The highest BCUT2D eigenvalue weighted by Crippen LogP contribution is 2.11. The second-order valence-electron chi connectivity index (χ2n) is 3.19. The largest absolute Gasteiger partial charge is 0.0622 e. The molecule has 0 unspecified atom stereocenters. The van der Waals surface area contributed by atoms with Crippen molar-refractivity contribution in [1.29, 1.82) is 0 Å². The molecule has 14 heavy (non-hydrogen) atoms. The molecular formula is C13H10I. The lowest BCUT2D eigenvalue weighted by Crippen LogP contribution is -1.88. The summed E-state index contributed by atoms with van der Waals surface area (Å²) >= 11 is 2.33. The van der Waals surface area contributed by atoms with Crippen LogP contribution in [0.1, 0.15) is 11.1 Å². The number of hydrogen-bond acceptors (Lipinski definition) is 0. The summed E-state index contributed by atoms with van der Waals surface area (Å²) < 4.78 is 1.27. The van der Waals surface area contributed by atoms with Crippen molar-refractivity contribution in [3.05, 3.63) is 69.3 Å². The Morgan fingerprint density at radius 1 is 1.07 bits per heavy atom. The highest BCUT2D eigenvalue weighted by molar-refractivity contribution is 14.1. The normalized spacial score (nSPS) is 10.1. The van der Waals surface area contributed by atoms with Crippen molar-refractivity contribution < 1.29 is 0 Å². The molecule has 0 atom stereocenters. The van der Waals surface area contributed by atoms with E-state index in [1.54, 1.807) is 0 Å². The number of halogens is 1. The highest BCUT2D eigenvalue weighted by atomic mass is 127. The number of rotatable bonds is 2. The molecule has 0 aliphatic carbocycles. The van der Waals surface area contributed by atoms with Crippen LogP contribution >= 0.6 is 22.6 Å². The molecule has 0 nitrogen and oxygen atoms in total. The van der Waals surface area contributed by atoms with E-state index < -0.39 is 0 Å². The van der Waals surface area contributed by atoms with Crippen molar-refractivity contribution in [2.45, 2.75) is 6.42 Å². The minimum Gasteiger partial charge on any atom is -0.0622 e. The molecule has 0 aliphatic rings. The minimum absolute atomic E-state index is 0.970. The van der Waals surface area contributed by atoms with Gasteiger partial charge in [0, 0.05) is 3.57 Å². The summed E-state index contributed by atoms with van der Waals surface area (Å²) in [6, 6.07) is 20.0. The van der Waals surface area contributed by atoms with E-state index in [0.717, 1.165) is 6.42 Å². The third-order valence-electron chi connectivity index (χ3n) is 2.06. The van der Waals surface area contributed by atoms with E-state index in [0.29, 0.717) is 0 Å². The summed E-state index contributed by atoms with van der Waals surface area (Å²) in [6.45, 7) is 0. The molecule has 0 fully saturated rings. The SMILES string of the molecule is Ic1cc[c]c(Cc2ccccc2)c1. The van der Waals surface area contributed by atoms with E-state index in [9.17, 15) is 0 Å². The Bertz CT molecular complexity index is 407. The van der Waals surface area contributed by atoms with Gasteiger partial charge in [0.05, 0.1) is 0 Å².